The molecule has 0 bridgehead atoms. The summed E-state index contributed by atoms with van der Waals surface area (Å²) >= 11 is 0. The van der Waals surface area contributed by atoms with Crippen molar-refractivity contribution in [3.8, 4) is 5.69 Å². The van der Waals surface area contributed by atoms with Crippen LogP contribution in [0.3, 0.4) is 0 Å². The van der Waals surface area contributed by atoms with Crippen LogP contribution in [-0.4, -0.2) is 44.2 Å². The Bertz CT molecular complexity index is 676. The third-order valence-corrected chi connectivity index (χ3v) is 3.81. The highest BCUT2D eigenvalue weighted by atomic mass is 15.5. The molecule has 2 heterocycles. The van der Waals surface area contributed by atoms with E-state index in [4.69, 9.17) is 5.73 Å². The van der Waals surface area contributed by atoms with Crippen molar-refractivity contribution in [2.75, 3.05) is 13.1 Å². The van der Waals surface area contributed by atoms with E-state index >= 15 is 0 Å². The topological polar surface area (TPSA) is 85.2 Å². The molecule has 108 valence electrons. The first-order valence-electron chi connectivity index (χ1n) is 6.67. The van der Waals surface area contributed by atoms with Gasteiger partial charge >= 0.3 is 0 Å². The summed E-state index contributed by atoms with van der Waals surface area (Å²) in [6, 6.07) is 8.07. The van der Waals surface area contributed by atoms with E-state index in [2.05, 4.69) is 51.1 Å². The molecule has 0 aliphatic carbocycles. The molecule has 0 saturated carbocycles. The number of aliphatic imine (C=N–C) groups is 1. The van der Waals surface area contributed by atoms with E-state index in [0.717, 1.165) is 11.3 Å². The van der Waals surface area contributed by atoms with E-state index in [1.54, 1.807) is 11.0 Å². The molecule has 2 N–H and O–H groups in total. The Morgan fingerprint density at radius 3 is 3.05 bits per heavy atom. The third-order valence-electron chi connectivity index (χ3n) is 3.81. The summed E-state index contributed by atoms with van der Waals surface area (Å²) in [6.07, 6.45) is 3.40. The minimum Gasteiger partial charge on any atom is -0.370 e. The fraction of sp³-hybridized carbons (Fsp3) is 0.286. The maximum Gasteiger partial charge on any atom is 0.192 e. The molecule has 7 nitrogen and oxygen atoms in total. The van der Waals surface area contributed by atoms with E-state index < -0.39 is 0 Å². The zero-order valence-electron chi connectivity index (χ0n) is 11.8. The average Bonchev–Trinajstić information content (AvgIpc) is 3.12. The number of benzene rings is 1. The van der Waals surface area contributed by atoms with Gasteiger partial charge in [-0.2, -0.15) is 0 Å². The first-order valence-corrected chi connectivity index (χ1v) is 6.67. The summed E-state index contributed by atoms with van der Waals surface area (Å²) in [4.78, 5) is 6.44. The van der Waals surface area contributed by atoms with E-state index in [0.29, 0.717) is 19.0 Å². The van der Waals surface area contributed by atoms with Gasteiger partial charge in [0, 0.05) is 6.54 Å². The molecular weight excluding hydrogens is 266 g/mol. The van der Waals surface area contributed by atoms with Crippen LogP contribution in [-0.2, 0) is 5.54 Å². The van der Waals surface area contributed by atoms with Gasteiger partial charge in [0.1, 0.15) is 6.33 Å². The number of rotatable bonds is 4. The fourth-order valence-electron chi connectivity index (χ4n) is 2.59. The molecule has 0 saturated heterocycles. The number of nitrogens with zero attached hydrogens (tertiary/aromatic N) is 6. The van der Waals surface area contributed by atoms with Crippen molar-refractivity contribution in [3.63, 3.8) is 0 Å². The van der Waals surface area contributed by atoms with Crippen LogP contribution in [0.25, 0.3) is 5.69 Å². The number of tetrazole rings is 1. The van der Waals surface area contributed by atoms with Gasteiger partial charge in [-0.15, -0.1) is 11.7 Å². The minimum absolute atomic E-state index is 0.289. The molecule has 0 radical (unpaired) electrons. The quantitative estimate of drug-likeness (QED) is 0.835. The van der Waals surface area contributed by atoms with Crippen LogP contribution >= 0.6 is 0 Å². The van der Waals surface area contributed by atoms with Gasteiger partial charge in [0.2, 0.25) is 0 Å². The molecule has 21 heavy (non-hydrogen) atoms. The molecule has 0 amide bonds. The lowest BCUT2D eigenvalue weighted by Crippen LogP contribution is -2.47. The van der Waals surface area contributed by atoms with Gasteiger partial charge in [-0.25, -0.2) is 4.68 Å². The number of hydrogen-bond donors (Lipinski definition) is 1. The molecule has 2 aromatic rings. The number of nitrogens with two attached hydrogens (primary N) is 1. The van der Waals surface area contributed by atoms with Crippen LogP contribution < -0.4 is 5.73 Å². The summed E-state index contributed by atoms with van der Waals surface area (Å²) < 4.78 is 1.63. The second-order valence-electron chi connectivity index (χ2n) is 5.15. The summed E-state index contributed by atoms with van der Waals surface area (Å²) in [5, 5.41) is 11.3. The van der Waals surface area contributed by atoms with Crippen molar-refractivity contribution >= 4 is 5.96 Å². The van der Waals surface area contributed by atoms with Gasteiger partial charge in [0.25, 0.3) is 0 Å². The summed E-state index contributed by atoms with van der Waals surface area (Å²) in [5.41, 5.74) is 7.73. The van der Waals surface area contributed by atoms with Crippen LogP contribution in [0.5, 0.6) is 0 Å². The Morgan fingerprint density at radius 2 is 2.33 bits per heavy atom. The molecule has 0 fully saturated rings. The molecule has 1 aliphatic heterocycles. The van der Waals surface area contributed by atoms with Crippen molar-refractivity contribution in [1.29, 1.82) is 0 Å². The van der Waals surface area contributed by atoms with Crippen LogP contribution in [0.15, 0.2) is 48.2 Å². The lowest BCUT2D eigenvalue weighted by molar-refractivity contribution is 0.245. The number of aromatic nitrogens is 4. The van der Waals surface area contributed by atoms with Crippen molar-refractivity contribution in [2.24, 2.45) is 10.7 Å². The maximum atomic E-state index is 6.00. The molecule has 0 spiro atoms. The largest absolute Gasteiger partial charge is 0.370 e. The average molecular weight is 283 g/mol. The van der Waals surface area contributed by atoms with E-state index in [1.807, 2.05) is 18.2 Å². The van der Waals surface area contributed by atoms with Gasteiger partial charge in [-0.3, -0.25) is 4.99 Å². The predicted octanol–water partition coefficient (Wildman–Crippen LogP) is 0.694. The Balaban J connectivity index is 2.00. The molecule has 1 atom stereocenters. The zero-order valence-corrected chi connectivity index (χ0v) is 11.8. The number of hydrogen-bond acceptors (Lipinski definition) is 6. The second-order valence-corrected chi connectivity index (χ2v) is 5.15. The summed E-state index contributed by atoms with van der Waals surface area (Å²) in [5.74, 6) is 0.547. The highest BCUT2D eigenvalue weighted by Crippen LogP contribution is 2.33. The van der Waals surface area contributed by atoms with Crippen molar-refractivity contribution in [1.82, 2.24) is 25.1 Å². The zero-order chi connectivity index (χ0) is 14.9. The standard InChI is InChI=1S/C14H17N7/c1-3-7-20-13(15)16-9-14(20,2)11-5-4-6-12(8-11)21-10-17-18-19-21/h3-6,8,10H,1,7,9H2,2H3,(H2,15,16). The van der Waals surface area contributed by atoms with Gasteiger partial charge in [-0.1, -0.05) is 18.2 Å². The lowest BCUT2D eigenvalue weighted by Gasteiger charge is -2.36. The second kappa shape index (κ2) is 5.01. The third kappa shape index (κ3) is 2.16. The Labute approximate surface area is 122 Å². The highest BCUT2D eigenvalue weighted by molar-refractivity contribution is 5.81. The van der Waals surface area contributed by atoms with Gasteiger partial charge in [0.15, 0.2) is 5.96 Å². The minimum atomic E-state index is -0.289. The first kappa shape index (κ1) is 13.3. The first-order chi connectivity index (χ1) is 10.1. The molecule has 1 aromatic carbocycles. The van der Waals surface area contributed by atoms with E-state index in [-0.39, 0.29) is 5.54 Å². The number of guanidine groups is 1. The maximum absolute atomic E-state index is 6.00. The van der Waals surface area contributed by atoms with Crippen LogP contribution in [0.1, 0.15) is 12.5 Å². The Hall–Kier alpha value is -2.70. The van der Waals surface area contributed by atoms with Gasteiger partial charge < -0.3 is 10.6 Å². The molecule has 1 unspecified atom stereocenters. The van der Waals surface area contributed by atoms with Crippen molar-refractivity contribution < 1.29 is 0 Å². The monoisotopic (exact) mass is 283 g/mol. The van der Waals surface area contributed by atoms with Crippen molar-refractivity contribution in [3.05, 3.63) is 48.8 Å². The summed E-state index contributed by atoms with van der Waals surface area (Å²) in [7, 11) is 0. The fourth-order valence-corrected chi connectivity index (χ4v) is 2.59. The predicted molar refractivity (Wildman–Crippen MR) is 79.9 cm³/mol. The Kier molecular flexibility index (Phi) is 3.17. The van der Waals surface area contributed by atoms with Crippen LogP contribution in [0.2, 0.25) is 0 Å². The van der Waals surface area contributed by atoms with Crippen LogP contribution in [0.4, 0.5) is 0 Å². The van der Waals surface area contributed by atoms with Crippen LogP contribution in [0, 0.1) is 0 Å². The van der Waals surface area contributed by atoms with Gasteiger partial charge in [0.05, 0.1) is 17.8 Å². The molecule has 1 aromatic heterocycles. The lowest BCUT2D eigenvalue weighted by atomic mass is 9.90. The molecule has 3 rings (SSSR count). The smallest absolute Gasteiger partial charge is 0.192 e. The summed E-state index contributed by atoms with van der Waals surface area (Å²) in [6.45, 7) is 7.19. The van der Waals surface area contributed by atoms with E-state index in [1.165, 1.54) is 0 Å². The highest BCUT2D eigenvalue weighted by Gasteiger charge is 2.38. The molecule has 7 heteroatoms. The normalized spacial score (nSPS) is 21.4. The molecule has 1 aliphatic rings. The SMILES string of the molecule is C=CCN1C(N)=NCC1(C)c1cccc(-n2cnnn2)c1. The molecular formula is C14H17N7. The van der Waals surface area contributed by atoms with Gasteiger partial charge in [-0.05, 0) is 35.0 Å². The van der Waals surface area contributed by atoms with Crippen molar-refractivity contribution in [2.45, 2.75) is 12.5 Å². The Morgan fingerprint density at radius 1 is 1.48 bits per heavy atom. The van der Waals surface area contributed by atoms with E-state index in [9.17, 15) is 0 Å².